The molecule has 0 saturated carbocycles. The van der Waals surface area contributed by atoms with Crippen molar-refractivity contribution in [3.63, 3.8) is 0 Å². The van der Waals surface area contributed by atoms with E-state index in [2.05, 4.69) is 20.5 Å². The van der Waals surface area contributed by atoms with Gasteiger partial charge in [-0.05, 0) is 29.8 Å². The number of carbonyl (C=O) groups excluding carboxylic acids is 1. The molecule has 0 unspecified atom stereocenters. The van der Waals surface area contributed by atoms with Crippen LogP contribution < -0.4 is 10.1 Å². The lowest BCUT2D eigenvalue weighted by Gasteiger charge is -2.07. The second-order valence-corrected chi connectivity index (χ2v) is 6.61. The number of pyridine rings is 1. The van der Waals surface area contributed by atoms with Crippen LogP contribution in [0.3, 0.4) is 0 Å². The molecule has 0 aliphatic rings. The molecule has 0 fully saturated rings. The molecule has 0 bridgehead atoms. The summed E-state index contributed by atoms with van der Waals surface area (Å²) in [6.07, 6.45) is 1.92. The van der Waals surface area contributed by atoms with Crippen LogP contribution in [0.15, 0.2) is 61.2 Å². The van der Waals surface area contributed by atoms with Gasteiger partial charge in [0.1, 0.15) is 17.1 Å². The number of hydrogen-bond donors (Lipinski definition) is 3. The fraction of sp³-hybridized carbons (Fsp3) is 0.143. The third-order valence-electron chi connectivity index (χ3n) is 4.40. The first-order valence-electron chi connectivity index (χ1n) is 9.36. The van der Waals surface area contributed by atoms with E-state index in [1.165, 1.54) is 0 Å². The van der Waals surface area contributed by atoms with E-state index in [0.29, 0.717) is 17.9 Å². The molecule has 3 N–H and O–H groups in total. The van der Waals surface area contributed by atoms with Crippen molar-refractivity contribution in [2.75, 3.05) is 7.11 Å². The van der Waals surface area contributed by atoms with E-state index in [9.17, 15) is 18.0 Å². The Morgan fingerprint density at radius 2 is 1.94 bits per heavy atom. The first-order chi connectivity index (χ1) is 15.7. The fourth-order valence-corrected chi connectivity index (χ4v) is 2.78. The summed E-state index contributed by atoms with van der Waals surface area (Å²) >= 11 is 0. The topological polar surface area (TPSA) is 122 Å². The predicted octanol–water partition coefficient (Wildman–Crippen LogP) is 3.30. The summed E-state index contributed by atoms with van der Waals surface area (Å²) in [5.41, 5.74) is 4.05. The number of nitrogens with zero attached hydrogens (tertiary/aromatic N) is 3. The molecule has 172 valence electrons. The van der Waals surface area contributed by atoms with E-state index in [4.69, 9.17) is 14.6 Å². The highest BCUT2D eigenvalue weighted by molar-refractivity contribution is 5.93. The predicted molar refractivity (Wildman–Crippen MR) is 111 cm³/mol. The van der Waals surface area contributed by atoms with Crippen LogP contribution in [0.1, 0.15) is 16.1 Å². The zero-order valence-corrected chi connectivity index (χ0v) is 17.1. The number of nitrogens with one attached hydrogen (secondary N) is 2. The Morgan fingerprint density at radius 3 is 2.58 bits per heavy atom. The minimum absolute atomic E-state index is 0.190. The number of H-pyrrole nitrogens is 1. The number of hydrogen-bond acceptors (Lipinski definition) is 5. The van der Waals surface area contributed by atoms with Gasteiger partial charge >= 0.3 is 12.1 Å². The number of ether oxygens (including phenoxy) is 1. The summed E-state index contributed by atoms with van der Waals surface area (Å²) < 4.78 is 38.7. The molecule has 0 aliphatic carbocycles. The van der Waals surface area contributed by atoms with E-state index in [1.807, 2.05) is 42.6 Å². The Kier molecular flexibility index (Phi) is 6.96. The standard InChI is InChI=1S/C19H17N5O2.C2HF3O2/c1-26-16-4-2-3-13(7-16)8-21-19(25)17-11-20-18-6-5-14(12-24(17)18)15-9-22-23-10-15;3-2(4,5)1(6)7/h2-7,9-12H,8H2,1H3,(H,21,25)(H,22,23);(H,6,7). The highest BCUT2D eigenvalue weighted by atomic mass is 19.4. The number of carboxylic acid groups (broad SMARTS) is 1. The van der Waals surface area contributed by atoms with E-state index < -0.39 is 12.1 Å². The molecule has 0 saturated heterocycles. The molecule has 0 radical (unpaired) electrons. The van der Waals surface area contributed by atoms with Crippen molar-refractivity contribution in [3.05, 3.63) is 72.4 Å². The average molecular weight is 461 g/mol. The Hall–Kier alpha value is -4.35. The summed E-state index contributed by atoms with van der Waals surface area (Å²) in [5.74, 6) is -2.19. The van der Waals surface area contributed by atoms with Gasteiger partial charge in [0.05, 0.1) is 19.5 Å². The molecular formula is C21H18F3N5O4. The number of methoxy groups -OCH3 is 1. The number of aromatic nitrogens is 4. The van der Waals surface area contributed by atoms with Crippen molar-refractivity contribution in [3.8, 4) is 16.9 Å². The Labute approximate surface area is 184 Å². The molecule has 0 spiro atoms. The van der Waals surface area contributed by atoms with Crippen LogP contribution in [0.5, 0.6) is 5.75 Å². The zero-order valence-electron chi connectivity index (χ0n) is 17.1. The van der Waals surface area contributed by atoms with Crippen molar-refractivity contribution in [2.24, 2.45) is 0 Å². The Morgan fingerprint density at radius 1 is 1.18 bits per heavy atom. The van der Waals surface area contributed by atoms with Crippen LogP contribution in [-0.2, 0) is 11.3 Å². The van der Waals surface area contributed by atoms with E-state index >= 15 is 0 Å². The second kappa shape index (κ2) is 9.85. The first-order valence-corrected chi connectivity index (χ1v) is 9.36. The largest absolute Gasteiger partial charge is 0.497 e. The number of aliphatic carboxylic acids is 1. The Bertz CT molecular complexity index is 1250. The number of halogens is 3. The van der Waals surface area contributed by atoms with Gasteiger partial charge in [-0.1, -0.05) is 12.1 Å². The van der Waals surface area contributed by atoms with Crippen LogP contribution in [0.2, 0.25) is 0 Å². The minimum Gasteiger partial charge on any atom is -0.497 e. The summed E-state index contributed by atoms with van der Waals surface area (Å²) in [6.45, 7) is 0.407. The molecule has 4 aromatic rings. The van der Waals surface area contributed by atoms with E-state index in [-0.39, 0.29) is 5.91 Å². The minimum atomic E-state index is -5.08. The lowest BCUT2D eigenvalue weighted by molar-refractivity contribution is -0.192. The average Bonchev–Trinajstić information content (AvgIpc) is 3.47. The molecular weight excluding hydrogens is 443 g/mol. The van der Waals surface area contributed by atoms with Crippen LogP contribution in [0, 0.1) is 0 Å². The summed E-state index contributed by atoms with van der Waals surface area (Å²) in [6, 6.07) is 11.4. The SMILES string of the molecule is COc1cccc(CNC(=O)c2cnc3ccc(-c4cn[nH]c4)cn23)c1.O=C(O)C(F)(F)F. The zero-order chi connectivity index (χ0) is 24.0. The molecule has 1 amide bonds. The molecule has 4 rings (SSSR count). The van der Waals surface area contributed by atoms with Crippen LogP contribution >= 0.6 is 0 Å². The summed E-state index contributed by atoms with van der Waals surface area (Å²) in [7, 11) is 1.62. The maximum atomic E-state index is 12.6. The van der Waals surface area contributed by atoms with Crippen LogP contribution in [0.4, 0.5) is 13.2 Å². The molecule has 0 atom stereocenters. The van der Waals surface area contributed by atoms with Crippen molar-refractivity contribution in [2.45, 2.75) is 12.7 Å². The fourth-order valence-electron chi connectivity index (χ4n) is 2.78. The molecule has 12 heteroatoms. The van der Waals surface area contributed by atoms with E-state index in [0.717, 1.165) is 22.4 Å². The van der Waals surface area contributed by atoms with Gasteiger partial charge < -0.3 is 15.2 Å². The van der Waals surface area contributed by atoms with Gasteiger partial charge in [0.2, 0.25) is 0 Å². The van der Waals surface area contributed by atoms with Gasteiger partial charge in [0, 0.05) is 30.1 Å². The van der Waals surface area contributed by atoms with Crippen LogP contribution in [0.25, 0.3) is 16.8 Å². The number of carbonyl (C=O) groups is 2. The lowest BCUT2D eigenvalue weighted by Crippen LogP contribution is -2.24. The monoisotopic (exact) mass is 461 g/mol. The number of amides is 1. The summed E-state index contributed by atoms with van der Waals surface area (Å²) in [5, 5.41) is 16.8. The number of benzene rings is 1. The van der Waals surface area contributed by atoms with Gasteiger partial charge in [0.25, 0.3) is 5.91 Å². The number of fused-ring (bicyclic) bond motifs is 1. The van der Waals surface area contributed by atoms with Crippen molar-refractivity contribution in [1.29, 1.82) is 0 Å². The maximum Gasteiger partial charge on any atom is 0.490 e. The molecule has 33 heavy (non-hydrogen) atoms. The van der Waals surface area contributed by atoms with Crippen molar-refractivity contribution < 1.29 is 32.6 Å². The van der Waals surface area contributed by atoms with Crippen LogP contribution in [-0.4, -0.2) is 49.9 Å². The number of aromatic amines is 1. The van der Waals surface area contributed by atoms with Gasteiger partial charge in [-0.25, -0.2) is 9.78 Å². The van der Waals surface area contributed by atoms with Crippen molar-refractivity contribution in [1.82, 2.24) is 24.9 Å². The smallest absolute Gasteiger partial charge is 0.490 e. The van der Waals surface area contributed by atoms with Gasteiger partial charge in [-0.3, -0.25) is 14.3 Å². The molecule has 9 nitrogen and oxygen atoms in total. The second-order valence-electron chi connectivity index (χ2n) is 6.61. The number of alkyl halides is 3. The molecule has 1 aromatic carbocycles. The van der Waals surface area contributed by atoms with Gasteiger partial charge in [-0.15, -0.1) is 0 Å². The van der Waals surface area contributed by atoms with Gasteiger partial charge in [-0.2, -0.15) is 18.3 Å². The highest BCUT2D eigenvalue weighted by Gasteiger charge is 2.38. The maximum absolute atomic E-state index is 12.6. The quantitative estimate of drug-likeness (QED) is 0.419. The summed E-state index contributed by atoms with van der Waals surface area (Å²) in [4.78, 5) is 25.8. The molecule has 0 aliphatic heterocycles. The normalized spacial score (nSPS) is 10.9. The number of carboxylic acids is 1. The van der Waals surface area contributed by atoms with E-state index in [1.54, 1.807) is 30.1 Å². The third kappa shape index (κ3) is 5.87. The first kappa shape index (κ1) is 23.3. The number of imidazole rings is 1. The third-order valence-corrected chi connectivity index (χ3v) is 4.40. The lowest BCUT2D eigenvalue weighted by atomic mass is 10.2. The Balaban J connectivity index is 0.000000383. The van der Waals surface area contributed by atoms with Gasteiger partial charge in [0.15, 0.2) is 0 Å². The highest BCUT2D eigenvalue weighted by Crippen LogP contribution is 2.19. The van der Waals surface area contributed by atoms with Crippen molar-refractivity contribution >= 4 is 17.5 Å². The molecule has 3 heterocycles. The number of rotatable bonds is 5. The molecule has 3 aromatic heterocycles.